The molecule has 8 heavy (non-hydrogen) atoms. The summed E-state index contributed by atoms with van der Waals surface area (Å²) in [7, 11) is 0. The molecule has 0 radical (unpaired) electrons. The third-order valence-electron chi connectivity index (χ3n) is 1.27. The molecule has 0 saturated carbocycles. The fourth-order valence-corrected chi connectivity index (χ4v) is 0.782. The molecule has 3 heteroatoms. The van der Waals surface area contributed by atoms with Crippen molar-refractivity contribution in [2.45, 2.75) is 6.04 Å². The lowest BCUT2D eigenvalue weighted by molar-refractivity contribution is 0.227. The zero-order chi connectivity index (χ0) is 6.69. The quantitative estimate of drug-likeness (QED) is 0.393. The van der Waals surface area contributed by atoms with E-state index in [0.29, 0.717) is 6.54 Å². The summed E-state index contributed by atoms with van der Waals surface area (Å²) in [4.78, 5) is 0. The number of hydrogen-bond donors (Lipinski definition) is 3. The Morgan fingerprint density at radius 1 is 1.75 bits per heavy atom. The molecule has 0 amide bonds. The molecule has 1 rings (SSSR count). The monoisotopic (exact) mass is 117 g/mol. The van der Waals surface area contributed by atoms with E-state index in [1.807, 2.05) is 0 Å². The van der Waals surface area contributed by atoms with E-state index in [0.717, 1.165) is 13.1 Å². The fourth-order valence-electron chi connectivity index (χ4n) is 0.782. The van der Waals surface area contributed by atoms with Crippen LogP contribution >= 0.6 is 0 Å². The van der Waals surface area contributed by atoms with Gasteiger partial charge in [0.05, 0.1) is 6.61 Å². The maximum atomic E-state index is 8.66. The van der Waals surface area contributed by atoms with Crippen LogP contribution in [0.15, 0.2) is 0 Å². The molecule has 3 nitrogen and oxygen atoms in total. The second-order valence-electron chi connectivity index (χ2n) is 1.95. The molecule has 1 unspecified atom stereocenters. The van der Waals surface area contributed by atoms with Crippen LogP contribution in [0.2, 0.25) is 1.41 Å². The first-order valence-corrected chi connectivity index (χ1v) is 2.91. The van der Waals surface area contributed by atoms with Gasteiger partial charge in [-0.2, -0.15) is 0 Å². The summed E-state index contributed by atoms with van der Waals surface area (Å²) in [5.41, 5.74) is 0. The van der Waals surface area contributed by atoms with Crippen molar-refractivity contribution >= 4 is 0 Å². The molecule has 0 aliphatic carbocycles. The van der Waals surface area contributed by atoms with Crippen molar-refractivity contribution in [2.75, 3.05) is 26.2 Å². The van der Waals surface area contributed by atoms with E-state index in [-0.39, 0.29) is 12.6 Å². The zero-order valence-electron chi connectivity index (χ0n) is 5.80. The Balaban J connectivity index is 2.30. The van der Waals surface area contributed by atoms with Crippen molar-refractivity contribution < 1.29 is 6.52 Å². The van der Waals surface area contributed by atoms with Crippen LogP contribution in [-0.2, 0) is 0 Å². The van der Waals surface area contributed by atoms with E-state index >= 15 is 0 Å². The number of piperazine rings is 1. The molecule has 0 aromatic carbocycles. The van der Waals surface area contributed by atoms with Gasteiger partial charge in [-0.25, -0.2) is 0 Å². The summed E-state index contributed by atoms with van der Waals surface area (Å²) in [5, 5.41) is 13.2. The second-order valence-corrected chi connectivity index (χ2v) is 1.95. The Morgan fingerprint density at radius 2 is 2.62 bits per heavy atom. The van der Waals surface area contributed by atoms with Crippen LogP contribution in [0.5, 0.6) is 0 Å². The van der Waals surface area contributed by atoms with Gasteiger partial charge in [-0.1, -0.05) is 0 Å². The summed E-state index contributed by atoms with van der Waals surface area (Å²) in [6.07, 6.45) is 0. The van der Waals surface area contributed by atoms with Gasteiger partial charge in [-0.05, 0) is 0 Å². The molecular weight excluding hydrogens is 104 g/mol. The highest BCUT2D eigenvalue weighted by Crippen LogP contribution is 1.82. The summed E-state index contributed by atoms with van der Waals surface area (Å²) in [6.45, 7) is 2.39. The number of hydrogen-bond acceptors (Lipinski definition) is 3. The lowest BCUT2D eigenvalue weighted by Crippen LogP contribution is -2.49. The molecule has 1 atom stereocenters. The predicted octanol–water partition coefficient (Wildman–Crippen LogP) is -1.46. The topological polar surface area (TPSA) is 44.3 Å². The van der Waals surface area contributed by atoms with Crippen LogP contribution in [0, 0.1) is 0 Å². The molecular formula is C5H12N2O. The standard InChI is InChI=1S/C5H12N2O/c8-4-5-3-6-1-2-7-5/h5-8H,1-4H2/i/hD. The van der Waals surface area contributed by atoms with E-state index in [4.69, 9.17) is 6.52 Å². The third kappa shape index (κ3) is 1.43. The Bertz CT molecular complexity index is 91.0. The maximum absolute atomic E-state index is 8.66. The Kier molecular flexibility index (Phi) is 1.78. The van der Waals surface area contributed by atoms with Crippen LogP contribution in [0.25, 0.3) is 0 Å². The molecule has 0 aromatic rings. The van der Waals surface area contributed by atoms with Crippen molar-refractivity contribution in [3.05, 3.63) is 0 Å². The predicted molar refractivity (Wildman–Crippen MR) is 31.7 cm³/mol. The minimum atomic E-state index is -0.00116. The average molecular weight is 117 g/mol. The van der Waals surface area contributed by atoms with Gasteiger partial charge in [0.15, 0.2) is 0 Å². The molecule has 3 N–H and O–H groups in total. The smallest absolute Gasteiger partial charge is 0.123 e. The first-order valence-electron chi connectivity index (χ1n) is 3.36. The lowest BCUT2D eigenvalue weighted by atomic mass is 10.2. The Hall–Kier alpha value is -0.120. The van der Waals surface area contributed by atoms with Gasteiger partial charge in [0, 0.05) is 25.7 Å². The minimum absolute atomic E-state index is 0.00116. The first kappa shape index (κ1) is 4.73. The van der Waals surface area contributed by atoms with E-state index in [1.165, 1.54) is 5.31 Å². The molecule has 48 valence electrons. The van der Waals surface area contributed by atoms with Crippen LogP contribution in [-0.4, -0.2) is 37.4 Å². The van der Waals surface area contributed by atoms with Gasteiger partial charge in [-0.3, -0.25) is 0 Å². The maximum Gasteiger partial charge on any atom is 0.123 e. The molecule has 1 aliphatic rings. The van der Waals surface area contributed by atoms with E-state index in [2.05, 4.69) is 5.32 Å². The molecule has 1 heterocycles. The molecule has 1 fully saturated rings. The second kappa shape index (κ2) is 3.02. The Labute approximate surface area is 50.6 Å². The summed E-state index contributed by atoms with van der Waals surface area (Å²) in [5.74, 6) is 0. The van der Waals surface area contributed by atoms with Crippen LogP contribution in [0.3, 0.4) is 0 Å². The summed E-state index contributed by atoms with van der Waals surface area (Å²) >= 11 is 0. The highest BCUT2D eigenvalue weighted by molar-refractivity contribution is 4.73. The number of rotatable bonds is 1. The number of aliphatic hydroxyl groups is 1. The van der Waals surface area contributed by atoms with E-state index in [1.54, 1.807) is 0 Å². The third-order valence-corrected chi connectivity index (χ3v) is 1.27. The molecule has 0 spiro atoms. The highest BCUT2D eigenvalue weighted by Gasteiger charge is 2.08. The number of nitrogens with one attached hydrogen (secondary N) is 2. The number of aliphatic hydroxyl groups excluding tert-OH is 1. The SMILES string of the molecule is [2H]N1CCNCC1CO. The lowest BCUT2D eigenvalue weighted by Gasteiger charge is -2.21. The molecule has 1 aliphatic heterocycles. The van der Waals surface area contributed by atoms with Gasteiger partial charge in [0.25, 0.3) is 0 Å². The van der Waals surface area contributed by atoms with Gasteiger partial charge in [-0.15, -0.1) is 0 Å². The Morgan fingerprint density at radius 3 is 3.12 bits per heavy atom. The van der Waals surface area contributed by atoms with Crippen molar-refractivity contribution in [3.8, 4) is 0 Å². The van der Waals surface area contributed by atoms with Gasteiger partial charge in [0.2, 0.25) is 0 Å². The van der Waals surface area contributed by atoms with E-state index in [9.17, 15) is 0 Å². The first-order chi connectivity index (χ1) is 4.34. The molecule has 1 saturated heterocycles. The largest absolute Gasteiger partial charge is 0.395 e. The van der Waals surface area contributed by atoms with Gasteiger partial charge in [0.1, 0.15) is 1.41 Å². The normalized spacial score (nSPS) is 34.6. The van der Waals surface area contributed by atoms with Crippen LogP contribution in [0.4, 0.5) is 0 Å². The van der Waals surface area contributed by atoms with Crippen molar-refractivity contribution in [1.82, 2.24) is 10.6 Å². The summed E-state index contributed by atoms with van der Waals surface area (Å²) in [6, 6.07) is -0.00116. The highest BCUT2D eigenvalue weighted by atomic mass is 16.3. The van der Waals surface area contributed by atoms with Crippen LogP contribution in [0.1, 0.15) is 0 Å². The van der Waals surface area contributed by atoms with Crippen molar-refractivity contribution in [3.63, 3.8) is 0 Å². The molecule has 0 aromatic heterocycles. The zero-order valence-corrected chi connectivity index (χ0v) is 4.80. The minimum Gasteiger partial charge on any atom is -0.395 e. The van der Waals surface area contributed by atoms with E-state index < -0.39 is 0 Å². The van der Waals surface area contributed by atoms with Gasteiger partial charge >= 0.3 is 0 Å². The van der Waals surface area contributed by atoms with Crippen molar-refractivity contribution in [1.29, 1.82) is 0 Å². The fraction of sp³-hybridized carbons (Fsp3) is 1.00. The van der Waals surface area contributed by atoms with Crippen molar-refractivity contribution in [2.24, 2.45) is 0 Å². The summed E-state index contributed by atoms with van der Waals surface area (Å²) < 4.78 is 7.26. The molecule has 0 bridgehead atoms. The van der Waals surface area contributed by atoms with Gasteiger partial charge < -0.3 is 15.7 Å². The average Bonchev–Trinajstić information content (AvgIpc) is 1.89. The van der Waals surface area contributed by atoms with Crippen LogP contribution < -0.4 is 10.6 Å².